The first-order chi connectivity index (χ1) is 9.22. The lowest BCUT2D eigenvalue weighted by Crippen LogP contribution is -2.30. The molecule has 1 aromatic rings. The van der Waals surface area contributed by atoms with Gasteiger partial charge in [-0.3, -0.25) is 4.79 Å². The molecule has 0 bridgehead atoms. The number of hydrogen-bond acceptors (Lipinski definition) is 3. The summed E-state index contributed by atoms with van der Waals surface area (Å²) >= 11 is 0. The minimum atomic E-state index is -0.287. The number of rotatable bonds is 2. The van der Waals surface area contributed by atoms with E-state index in [1.54, 1.807) is 6.92 Å². The Kier molecular flexibility index (Phi) is 3.21. The van der Waals surface area contributed by atoms with Crippen LogP contribution in [0.25, 0.3) is 0 Å². The maximum atomic E-state index is 12.1. The van der Waals surface area contributed by atoms with E-state index in [9.17, 15) is 4.79 Å². The lowest BCUT2D eigenvalue weighted by Gasteiger charge is -2.27. The first-order valence-electron chi connectivity index (χ1n) is 7.13. The van der Waals surface area contributed by atoms with E-state index in [1.165, 1.54) is 0 Å². The number of benzene rings is 1. The van der Waals surface area contributed by atoms with Gasteiger partial charge >= 0.3 is 0 Å². The molecule has 0 radical (unpaired) electrons. The molecule has 1 fully saturated rings. The molecule has 0 saturated heterocycles. The maximum absolute atomic E-state index is 12.1. The lowest BCUT2D eigenvalue weighted by atomic mass is 9.75. The second kappa shape index (κ2) is 4.87. The Morgan fingerprint density at radius 1 is 1.05 bits per heavy atom. The Morgan fingerprint density at radius 3 is 2.42 bits per heavy atom. The van der Waals surface area contributed by atoms with Gasteiger partial charge in [0.25, 0.3) is 0 Å². The zero-order valence-electron chi connectivity index (χ0n) is 11.4. The fourth-order valence-corrected chi connectivity index (χ4v) is 3.28. The molecule has 3 nitrogen and oxygen atoms in total. The SMILES string of the molecule is CC(=O)C1(c2ccc3c(c2)OCCCO3)CCCC1. The van der Waals surface area contributed by atoms with Crippen molar-refractivity contribution >= 4 is 5.78 Å². The third-order valence-electron chi connectivity index (χ3n) is 4.43. The smallest absolute Gasteiger partial charge is 0.161 e. The van der Waals surface area contributed by atoms with Crippen molar-refractivity contribution in [3.8, 4) is 11.5 Å². The van der Waals surface area contributed by atoms with Crippen LogP contribution in [0.1, 0.15) is 44.6 Å². The predicted octanol–water partition coefficient (Wildman–Crippen LogP) is 3.25. The van der Waals surface area contributed by atoms with Crippen molar-refractivity contribution in [1.82, 2.24) is 0 Å². The Balaban J connectivity index is 2.01. The summed E-state index contributed by atoms with van der Waals surface area (Å²) in [6.07, 6.45) is 5.09. The number of carbonyl (C=O) groups is 1. The third-order valence-corrected chi connectivity index (χ3v) is 4.43. The molecule has 2 aliphatic rings. The van der Waals surface area contributed by atoms with Crippen LogP contribution in [-0.2, 0) is 10.2 Å². The summed E-state index contributed by atoms with van der Waals surface area (Å²) in [5.74, 6) is 1.87. The second-order valence-corrected chi connectivity index (χ2v) is 5.56. The van der Waals surface area contributed by atoms with Crippen LogP contribution in [0.15, 0.2) is 18.2 Å². The van der Waals surface area contributed by atoms with E-state index in [4.69, 9.17) is 9.47 Å². The fourth-order valence-electron chi connectivity index (χ4n) is 3.28. The first-order valence-corrected chi connectivity index (χ1v) is 7.13. The van der Waals surface area contributed by atoms with Crippen LogP contribution in [0, 0.1) is 0 Å². The normalized spacial score (nSPS) is 20.9. The number of Topliss-reactive ketones (excluding diaryl/α,β-unsaturated/α-hetero) is 1. The number of fused-ring (bicyclic) bond motifs is 1. The molecule has 3 heteroatoms. The first kappa shape index (κ1) is 12.5. The van der Waals surface area contributed by atoms with Gasteiger partial charge in [-0.2, -0.15) is 0 Å². The van der Waals surface area contributed by atoms with Gasteiger partial charge < -0.3 is 9.47 Å². The average Bonchev–Trinajstić information content (AvgIpc) is 2.79. The van der Waals surface area contributed by atoms with Gasteiger partial charge in [-0.25, -0.2) is 0 Å². The van der Waals surface area contributed by atoms with Crippen LogP contribution in [0.4, 0.5) is 0 Å². The lowest BCUT2D eigenvalue weighted by molar-refractivity contribution is -0.122. The Morgan fingerprint density at radius 2 is 1.74 bits per heavy atom. The third kappa shape index (κ3) is 2.11. The topological polar surface area (TPSA) is 35.5 Å². The molecule has 1 aromatic carbocycles. The number of ketones is 1. The van der Waals surface area contributed by atoms with E-state index >= 15 is 0 Å². The van der Waals surface area contributed by atoms with Crippen LogP contribution in [0.3, 0.4) is 0 Å². The molecule has 19 heavy (non-hydrogen) atoms. The number of ether oxygens (including phenoxy) is 2. The number of carbonyl (C=O) groups excluding carboxylic acids is 1. The molecule has 0 unspecified atom stereocenters. The van der Waals surface area contributed by atoms with Crippen molar-refractivity contribution in [2.24, 2.45) is 0 Å². The molecular formula is C16H20O3. The molecule has 1 aliphatic carbocycles. The zero-order valence-corrected chi connectivity index (χ0v) is 11.4. The Bertz CT molecular complexity index is 487. The quantitative estimate of drug-likeness (QED) is 0.818. The van der Waals surface area contributed by atoms with Crippen molar-refractivity contribution in [2.75, 3.05) is 13.2 Å². The standard InChI is InChI=1S/C16H20O3/c1-12(17)16(7-2-3-8-16)13-5-6-14-15(11-13)19-10-4-9-18-14/h5-6,11H,2-4,7-10H2,1H3. The molecule has 0 amide bonds. The fraction of sp³-hybridized carbons (Fsp3) is 0.562. The highest BCUT2D eigenvalue weighted by molar-refractivity contribution is 5.88. The Labute approximate surface area is 113 Å². The molecule has 0 atom stereocenters. The second-order valence-electron chi connectivity index (χ2n) is 5.56. The van der Waals surface area contributed by atoms with Gasteiger partial charge in [-0.15, -0.1) is 0 Å². The summed E-state index contributed by atoms with van der Waals surface area (Å²) in [5.41, 5.74) is 0.812. The minimum absolute atomic E-state index is 0.277. The van der Waals surface area contributed by atoms with E-state index in [2.05, 4.69) is 0 Å². The van der Waals surface area contributed by atoms with Crippen LogP contribution in [0.2, 0.25) is 0 Å². The zero-order chi connectivity index (χ0) is 13.3. The van der Waals surface area contributed by atoms with E-state index < -0.39 is 0 Å². The highest BCUT2D eigenvalue weighted by Crippen LogP contribution is 2.44. The Hall–Kier alpha value is -1.51. The highest BCUT2D eigenvalue weighted by atomic mass is 16.5. The summed E-state index contributed by atoms with van der Waals surface area (Å²) in [5, 5.41) is 0. The molecule has 3 rings (SSSR count). The molecule has 1 heterocycles. The van der Waals surface area contributed by atoms with Crippen LogP contribution in [0.5, 0.6) is 11.5 Å². The molecule has 0 spiro atoms. The van der Waals surface area contributed by atoms with Gasteiger partial charge in [0.1, 0.15) is 5.78 Å². The molecule has 1 aliphatic heterocycles. The van der Waals surface area contributed by atoms with Crippen molar-refractivity contribution < 1.29 is 14.3 Å². The van der Waals surface area contributed by atoms with Crippen LogP contribution >= 0.6 is 0 Å². The van der Waals surface area contributed by atoms with E-state index in [0.717, 1.165) is 49.2 Å². The van der Waals surface area contributed by atoms with E-state index in [-0.39, 0.29) is 11.2 Å². The van der Waals surface area contributed by atoms with E-state index in [1.807, 2.05) is 18.2 Å². The van der Waals surface area contributed by atoms with E-state index in [0.29, 0.717) is 13.2 Å². The van der Waals surface area contributed by atoms with Crippen molar-refractivity contribution in [3.63, 3.8) is 0 Å². The van der Waals surface area contributed by atoms with Gasteiger partial charge in [0.05, 0.1) is 18.6 Å². The van der Waals surface area contributed by atoms with Crippen LogP contribution < -0.4 is 9.47 Å². The van der Waals surface area contributed by atoms with Crippen LogP contribution in [-0.4, -0.2) is 19.0 Å². The predicted molar refractivity (Wildman–Crippen MR) is 72.9 cm³/mol. The van der Waals surface area contributed by atoms with Gasteiger partial charge in [0, 0.05) is 6.42 Å². The minimum Gasteiger partial charge on any atom is -0.490 e. The summed E-state index contributed by atoms with van der Waals surface area (Å²) < 4.78 is 11.4. The maximum Gasteiger partial charge on any atom is 0.161 e. The molecule has 0 N–H and O–H groups in total. The highest BCUT2D eigenvalue weighted by Gasteiger charge is 2.40. The van der Waals surface area contributed by atoms with Gasteiger partial charge in [-0.1, -0.05) is 18.9 Å². The van der Waals surface area contributed by atoms with Gasteiger partial charge in [-0.05, 0) is 37.5 Å². The number of hydrogen-bond donors (Lipinski definition) is 0. The average molecular weight is 260 g/mol. The van der Waals surface area contributed by atoms with Gasteiger partial charge in [0.15, 0.2) is 11.5 Å². The summed E-state index contributed by atoms with van der Waals surface area (Å²) in [4.78, 5) is 12.1. The largest absolute Gasteiger partial charge is 0.490 e. The van der Waals surface area contributed by atoms with Gasteiger partial charge in [0.2, 0.25) is 0 Å². The molecule has 1 saturated carbocycles. The molecule has 102 valence electrons. The summed E-state index contributed by atoms with van der Waals surface area (Å²) in [7, 11) is 0. The monoisotopic (exact) mass is 260 g/mol. The summed E-state index contributed by atoms with van der Waals surface area (Å²) in [6.45, 7) is 3.10. The van der Waals surface area contributed by atoms with Crippen molar-refractivity contribution in [1.29, 1.82) is 0 Å². The van der Waals surface area contributed by atoms with Crippen molar-refractivity contribution in [2.45, 2.75) is 44.4 Å². The van der Waals surface area contributed by atoms with Crippen molar-refractivity contribution in [3.05, 3.63) is 23.8 Å². The molecular weight excluding hydrogens is 240 g/mol. The summed E-state index contributed by atoms with van der Waals surface area (Å²) in [6, 6.07) is 6.02. The molecule has 0 aromatic heterocycles.